The normalized spacial score (nSPS) is 17.6. The van der Waals surface area contributed by atoms with E-state index in [-0.39, 0.29) is 11.0 Å². The van der Waals surface area contributed by atoms with Crippen LogP contribution in [-0.4, -0.2) is 20.5 Å². The number of carboxylic acids is 1. The van der Waals surface area contributed by atoms with Crippen molar-refractivity contribution in [3.63, 3.8) is 0 Å². The van der Waals surface area contributed by atoms with Crippen molar-refractivity contribution in [3.05, 3.63) is 35.8 Å². The summed E-state index contributed by atoms with van der Waals surface area (Å²) in [5, 5.41) is 8.89. The molecule has 0 unspecified atom stereocenters. The number of carbonyl (C=O) groups is 1. The van der Waals surface area contributed by atoms with Crippen LogP contribution in [0.3, 0.4) is 0 Å². The largest absolute Gasteiger partial charge is 0.478 e. The predicted octanol–water partition coefficient (Wildman–Crippen LogP) is 2.08. The fourth-order valence-corrected chi connectivity index (χ4v) is 1.85. The molecule has 4 nitrogen and oxygen atoms in total. The van der Waals surface area contributed by atoms with Crippen molar-refractivity contribution in [2.75, 3.05) is 0 Å². The summed E-state index contributed by atoms with van der Waals surface area (Å²) in [5.41, 5.74) is 2.38. The quantitative estimate of drug-likeness (QED) is 0.836. The molecule has 0 bridgehead atoms. The minimum absolute atomic E-state index is 0.218. The first-order chi connectivity index (χ1) is 7.58. The summed E-state index contributed by atoms with van der Waals surface area (Å²) >= 11 is 0. The molecule has 0 spiro atoms. The van der Waals surface area contributed by atoms with Crippen molar-refractivity contribution >= 4 is 11.6 Å². The second-order valence-electron chi connectivity index (χ2n) is 4.68. The lowest BCUT2D eigenvalue weighted by molar-refractivity contribution is 0.0696. The summed E-state index contributed by atoms with van der Waals surface area (Å²) in [5.74, 6) is -0.908. The molecule has 1 aliphatic carbocycles. The molecule has 0 aliphatic heterocycles. The van der Waals surface area contributed by atoms with E-state index in [2.05, 4.69) is 11.9 Å². The zero-order valence-electron chi connectivity index (χ0n) is 8.97. The van der Waals surface area contributed by atoms with E-state index in [0.29, 0.717) is 0 Å². The zero-order valence-corrected chi connectivity index (χ0v) is 8.97. The standard InChI is InChI=1S/C12H12N2O2/c1-12(4-5-12)9-7-14-6-8(11(15)16)2-3-10(14)13-9/h2-3,6-7H,4-5H2,1H3,(H,15,16). The maximum absolute atomic E-state index is 10.8. The second-order valence-corrected chi connectivity index (χ2v) is 4.68. The first kappa shape index (κ1) is 9.39. The molecule has 82 valence electrons. The van der Waals surface area contributed by atoms with Crippen molar-refractivity contribution in [3.8, 4) is 0 Å². The van der Waals surface area contributed by atoms with Crippen LogP contribution in [0.2, 0.25) is 0 Å². The lowest BCUT2D eigenvalue weighted by Crippen LogP contribution is -1.99. The van der Waals surface area contributed by atoms with E-state index in [9.17, 15) is 4.79 Å². The Hall–Kier alpha value is -1.84. The van der Waals surface area contributed by atoms with Gasteiger partial charge in [0.05, 0.1) is 11.3 Å². The van der Waals surface area contributed by atoms with Gasteiger partial charge >= 0.3 is 5.97 Å². The minimum atomic E-state index is -0.908. The molecule has 1 N–H and O–H groups in total. The molecule has 0 radical (unpaired) electrons. The van der Waals surface area contributed by atoms with Gasteiger partial charge in [0.2, 0.25) is 0 Å². The van der Waals surface area contributed by atoms with Crippen LogP contribution >= 0.6 is 0 Å². The molecule has 2 aromatic heterocycles. The summed E-state index contributed by atoms with van der Waals surface area (Å²) in [6, 6.07) is 3.34. The topological polar surface area (TPSA) is 54.6 Å². The third-order valence-electron chi connectivity index (χ3n) is 3.32. The summed E-state index contributed by atoms with van der Waals surface area (Å²) in [7, 11) is 0. The maximum atomic E-state index is 10.8. The Balaban J connectivity index is 2.14. The number of hydrogen-bond donors (Lipinski definition) is 1. The van der Waals surface area contributed by atoms with E-state index in [1.54, 1.807) is 22.7 Å². The van der Waals surface area contributed by atoms with Crippen LogP contribution in [0.5, 0.6) is 0 Å². The smallest absolute Gasteiger partial charge is 0.337 e. The van der Waals surface area contributed by atoms with Gasteiger partial charge < -0.3 is 9.51 Å². The summed E-state index contributed by atoms with van der Waals surface area (Å²) < 4.78 is 1.79. The average molecular weight is 216 g/mol. The second kappa shape index (κ2) is 2.84. The average Bonchev–Trinajstić information content (AvgIpc) is 2.86. The van der Waals surface area contributed by atoms with Gasteiger partial charge in [0, 0.05) is 17.8 Å². The molecule has 0 amide bonds. The molecular weight excluding hydrogens is 204 g/mol. The first-order valence-electron chi connectivity index (χ1n) is 5.31. The molecule has 1 fully saturated rings. The van der Waals surface area contributed by atoms with E-state index in [4.69, 9.17) is 5.11 Å². The van der Waals surface area contributed by atoms with Gasteiger partial charge in [0.15, 0.2) is 0 Å². The van der Waals surface area contributed by atoms with Crippen molar-refractivity contribution < 1.29 is 9.90 Å². The van der Waals surface area contributed by atoms with Crippen molar-refractivity contribution in [2.24, 2.45) is 0 Å². The van der Waals surface area contributed by atoms with E-state index in [0.717, 1.165) is 11.3 Å². The highest BCUT2D eigenvalue weighted by Crippen LogP contribution is 2.46. The van der Waals surface area contributed by atoms with Crippen LogP contribution in [0.4, 0.5) is 0 Å². The molecule has 4 heteroatoms. The van der Waals surface area contributed by atoms with Crippen LogP contribution in [0.15, 0.2) is 24.5 Å². The maximum Gasteiger partial charge on any atom is 0.337 e. The number of carboxylic acid groups (broad SMARTS) is 1. The minimum Gasteiger partial charge on any atom is -0.478 e. The number of nitrogens with zero attached hydrogens (tertiary/aromatic N) is 2. The van der Waals surface area contributed by atoms with Crippen molar-refractivity contribution in [1.29, 1.82) is 0 Å². The zero-order chi connectivity index (χ0) is 11.3. The van der Waals surface area contributed by atoms with Crippen LogP contribution in [0.1, 0.15) is 35.8 Å². The van der Waals surface area contributed by atoms with Crippen molar-refractivity contribution in [2.45, 2.75) is 25.2 Å². The molecule has 1 aliphatic rings. The third kappa shape index (κ3) is 1.30. The number of aromatic carboxylic acids is 1. The summed E-state index contributed by atoms with van der Waals surface area (Å²) in [4.78, 5) is 15.3. The van der Waals surface area contributed by atoms with Crippen molar-refractivity contribution in [1.82, 2.24) is 9.38 Å². The molecule has 2 aromatic rings. The van der Waals surface area contributed by atoms with E-state index < -0.39 is 5.97 Å². The molecule has 16 heavy (non-hydrogen) atoms. The Morgan fingerprint density at radius 1 is 1.44 bits per heavy atom. The molecule has 0 aromatic carbocycles. The van der Waals surface area contributed by atoms with E-state index >= 15 is 0 Å². The number of fused-ring (bicyclic) bond motifs is 1. The Labute approximate surface area is 92.5 Å². The summed E-state index contributed by atoms with van der Waals surface area (Å²) in [6.45, 7) is 2.19. The molecule has 0 saturated heterocycles. The van der Waals surface area contributed by atoms with Gasteiger partial charge in [-0.05, 0) is 25.0 Å². The van der Waals surface area contributed by atoms with E-state index in [1.807, 2.05) is 6.20 Å². The van der Waals surface area contributed by atoms with E-state index in [1.165, 1.54) is 12.8 Å². The SMILES string of the molecule is CC1(c2cn3cc(C(=O)O)ccc3n2)CC1. The molecular formula is C12H12N2O2. The van der Waals surface area contributed by atoms with Gasteiger partial charge in [-0.25, -0.2) is 9.78 Å². The van der Waals surface area contributed by atoms with Gasteiger partial charge in [0.25, 0.3) is 0 Å². The Kier molecular flexibility index (Phi) is 1.67. The Bertz CT molecular complexity index is 582. The Morgan fingerprint density at radius 3 is 2.81 bits per heavy atom. The highest BCUT2D eigenvalue weighted by atomic mass is 16.4. The third-order valence-corrected chi connectivity index (χ3v) is 3.32. The lowest BCUT2D eigenvalue weighted by atomic mass is 10.1. The van der Waals surface area contributed by atoms with Gasteiger partial charge in [-0.15, -0.1) is 0 Å². The van der Waals surface area contributed by atoms with Crippen LogP contribution < -0.4 is 0 Å². The molecule has 1 saturated carbocycles. The fourth-order valence-electron chi connectivity index (χ4n) is 1.85. The van der Waals surface area contributed by atoms with Gasteiger partial charge in [-0.2, -0.15) is 0 Å². The van der Waals surface area contributed by atoms with Crippen LogP contribution in [0, 0.1) is 0 Å². The molecule has 2 heterocycles. The van der Waals surface area contributed by atoms with Gasteiger partial charge in [-0.3, -0.25) is 0 Å². The highest BCUT2D eigenvalue weighted by molar-refractivity contribution is 5.87. The molecule has 0 atom stereocenters. The number of rotatable bonds is 2. The van der Waals surface area contributed by atoms with Crippen LogP contribution in [-0.2, 0) is 5.41 Å². The highest BCUT2D eigenvalue weighted by Gasteiger charge is 2.41. The number of imidazole rings is 1. The Morgan fingerprint density at radius 2 is 2.19 bits per heavy atom. The predicted molar refractivity (Wildman–Crippen MR) is 58.7 cm³/mol. The first-order valence-corrected chi connectivity index (χ1v) is 5.31. The van der Waals surface area contributed by atoms with Crippen LogP contribution in [0.25, 0.3) is 5.65 Å². The lowest BCUT2D eigenvalue weighted by Gasteiger charge is -1.99. The number of pyridine rings is 1. The monoisotopic (exact) mass is 216 g/mol. The molecule has 3 rings (SSSR count). The fraction of sp³-hybridized carbons (Fsp3) is 0.333. The number of hydrogen-bond acceptors (Lipinski definition) is 2. The van der Waals surface area contributed by atoms with Gasteiger partial charge in [0.1, 0.15) is 5.65 Å². The van der Waals surface area contributed by atoms with Gasteiger partial charge in [-0.1, -0.05) is 6.92 Å². The summed E-state index contributed by atoms with van der Waals surface area (Å²) in [6.07, 6.45) is 5.89. The number of aromatic nitrogens is 2.